The number of furan rings is 1. The topological polar surface area (TPSA) is 64.2 Å². The monoisotopic (exact) mass is 408 g/mol. The van der Waals surface area contributed by atoms with E-state index in [0.717, 1.165) is 17.3 Å². The number of nitrogens with zero attached hydrogens (tertiary/aromatic N) is 4. The van der Waals surface area contributed by atoms with Gasteiger partial charge in [-0.15, -0.1) is 0 Å². The molecule has 152 valence electrons. The summed E-state index contributed by atoms with van der Waals surface area (Å²) in [5.41, 5.74) is 4.42. The van der Waals surface area contributed by atoms with Gasteiger partial charge < -0.3 is 9.32 Å². The van der Waals surface area contributed by atoms with Gasteiger partial charge in [-0.2, -0.15) is 5.10 Å². The van der Waals surface area contributed by atoms with E-state index in [4.69, 9.17) is 4.42 Å². The van der Waals surface area contributed by atoms with Gasteiger partial charge >= 0.3 is 0 Å². The predicted octanol–water partition coefficient (Wildman–Crippen LogP) is 4.27. The summed E-state index contributed by atoms with van der Waals surface area (Å²) in [6, 6.07) is 6.57. The van der Waals surface area contributed by atoms with Gasteiger partial charge in [0.2, 0.25) is 0 Å². The van der Waals surface area contributed by atoms with E-state index in [1.807, 2.05) is 6.92 Å². The minimum absolute atomic E-state index is 0.164. The normalized spacial score (nSPS) is 16.1. The molecule has 5 rings (SSSR count). The zero-order valence-electron chi connectivity index (χ0n) is 16.4. The zero-order chi connectivity index (χ0) is 21.0. The van der Waals surface area contributed by atoms with Gasteiger partial charge in [-0.25, -0.2) is 8.78 Å². The van der Waals surface area contributed by atoms with Crippen LogP contribution in [0.25, 0.3) is 22.4 Å². The van der Waals surface area contributed by atoms with Crippen LogP contribution in [-0.2, 0) is 13.5 Å². The molecule has 30 heavy (non-hydrogen) atoms. The van der Waals surface area contributed by atoms with Crippen molar-refractivity contribution in [2.45, 2.75) is 19.4 Å². The summed E-state index contributed by atoms with van der Waals surface area (Å²) in [7, 11) is 1.74. The molecule has 4 aromatic rings. The predicted molar refractivity (Wildman–Crippen MR) is 106 cm³/mol. The highest BCUT2D eigenvalue weighted by Crippen LogP contribution is 2.36. The molecule has 6 nitrogen and oxygen atoms in total. The second-order valence-electron chi connectivity index (χ2n) is 7.45. The van der Waals surface area contributed by atoms with Crippen LogP contribution < -0.4 is 0 Å². The van der Waals surface area contributed by atoms with E-state index >= 15 is 0 Å². The minimum atomic E-state index is -0.638. The number of benzene rings is 1. The molecule has 1 aliphatic heterocycles. The fraction of sp³-hybridized carbons (Fsp3) is 0.227. The number of halogens is 2. The Labute approximate surface area is 170 Å². The Morgan fingerprint density at radius 3 is 2.73 bits per heavy atom. The van der Waals surface area contributed by atoms with Crippen LogP contribution in [0.15, 0.2) is 47.2 Å². The van der Waals surface area contributed by atoms with Crippen LogP contribution in [0, 0.1) is 11.6 Å². The molecule has 0 bridgehead atoms. The van der Waals surface area contributed by atoms with Gasteiger partial charge in [0.15, 0.2) is 5.58 Å². The molecule has 1 atom stereocenters. The van der Waals surface area contributed by atoms with E-state index in [-0.39, 0.29) is 11.9 Å². The molecule has 1 amide bonds. The Morgan fingerprint density at radius 1 is 1.20 bits per heavy atom. The first-order valence-corrected chi connectivity index (χ1v) is 9.59. The summed E-state index contributed by atoms with van der Waals surface area (Å²) < 4.78 is 34.5. The summed E-state index contributed by atoms with van der Waals surface area (Å²) in [4.78, 5) is 19.1. The van der Waals surface area contributed by atoms with Crippen LogP contribution in [0.4, 0.5) is 8.78 Å². The van der Waals surface area contributed by atoms with Crippen LogP contribution in [0.2, 0.25) is 0 Å². The number of hydrogen-bond acceptors (Lipinski definition) is 4. The lowest BCUT2D eigenvalue weighted by molar-refractivity contribution is 0.0673. The molecule has 0 fully saturated rings. The highest BCUT2D eigenvalue weighted by atomic mass is 19.1. The van der Waals surface area contributed by atoms with E-state index in [0.29, 0.717) is 40.9 Å². The van der Waals surface area contributed by atoms with Gasteiger partial charge in [-0.1, -0.05) is 0 Å². The van der Waals surface area contributed by atoms with Crippen LogP contribution >= 0.6 is 0 Å². The van der Waals surface area contributed by atoms with Crippen molar-refractivity contribution in [1.29, 1.82) is 0 Å². The van der Waals surface area contributed by atoms with Crippen molar-refractivity contribution in [3.63, 3.8) is 0 Å². The molecule has 8 heteroatoms. The van der Waals surface area contributed by atoms with E-state index < -0.39 is 11.6 Å². The Bertz CT molecular complexity index is 1270. The Morgan fingerprint density at radius 2 is 1.97 bits per heavy atom. The second-order valence-corrected chi connectivity index (χ2v) is 7.45. The average Bonchev–Trinajstić information content (AvgIpc) is 3.30. The third kappa shape index (κ3) is 2.87. The molecule has 0 unspecified atom stereocenters. The number of pyridine rings is 1. The molecule has 3 aromatic heterocycles. The summed E-state index contributed by atoms with van der Waals surface area (Å²) in [5.74, 6) is -1.44. The molecule has 0 spiro atoms. The number of amides is 1. The maximum atomic E-state index is 13.8. The highest BCUT2D eigenvalue weighted by Gasteiger charge is 2.33. The number of hydrogen-bond donors (Lipinski definition) is 0. The lowest BCUT2D eigenvalue weighted by Gasteiger charge is -2.33. The number of aryl methyl sites for hydroxylation is 1. The van der Waals surface area contributed by atoms with E-state index in [1.54, 1.807) is 35.0 Å². The smallest absolute Gasteiger partial charge is 0.256 e. The maximum Gasteiger partial charge on any atom is 0.256 e. The molecule has 1 aliphatic rings. The summed E-state index contributed by atoms with van der Waals surface area (Å²) >= 11 is 0. The van der Waals surface area contributed by atoms with Gasteiger partial charge in [-0.3, -0.25) is 14.5 Å². The first-order chi connectivity index (χ1) is 14.4. The van der Waals surface area contributed by atoms with E-state index in [1.165, 1.54) is 18.4 Å². The molecule has 0 saturated heterocycles. The number of aromatic nitrogens is 3. The number of carbonyl (C=O) groups is 1. The third-order valence-electron chi connectivity index (χ3n) is 5.59. The van der Waals surface area contributed by atoms with Crippen molar-refractivity contribution in [3.05, 3.63) is 71.2 Å². The van der Waals surface area contributed by atoms with Gasteiger partial charge in [-0.05, 0) is 31.5 Å². The maximum absolute atomic E-state index is 13.8. The summed E-state index contributed by atoms with van der Waals surface area (Å²) in [6.45, 7) is 2.36. The minimum Gasteiger partial charge on any atom is -0.463 e. The van der Waals surface area contributed by atoms with E-state index in [9.17, 15) is 13.6 Å². The van der Waals surface area contributed by atoms with Gasteiger partial charge in [0.25, 0.3) is 5.91 Å². The van der Waals surface area contributed by atoms with Crippen LogP contribution in [-0.4, -0.2) is 32.1 Å². The van der Waals surface area contributed by atoms with Crippen molar-refractivity contribution >= 4 is 17.0 Å². The Kier molecular flexibility index (Phi) is 4.16. The van der Waals surface area contributed by atoms with Crippen molar-refractivity contribution in [1.82, 2.24) is 19.7 Å². The number of carbonyl (C=O) groups excluding carboxylic acids is 1. The molecular weight excluding hydrogens is 390 g/mol. The molecule has 1 aromatic carbocycles. The SMILES string of the molecule is C[C@@H]1c2nn(C)c(-c3cc(F)cc(F)c3)c2CCN1C(=O)c1cnc2ccoc2c1. The average molecular weight is 408 g/mol. The second kappa shape index (κ2) is 6.76. The number of rotatable bonds is 2. The van der Waals surface area contributed by atoms with Gasteiger partial charge in [0.1, 0.15) is 17.2 Å². The summed E-state index contributed by atoms with van der Waals surface area (Å²) in [6.07, 6.45) is 3.61. The molecule has 0 radical (unpaired) electrons. The fourth-order valence-corrected chi connectivity index (χ4v) is 4.20. The van der Waals surface area contributed by atoms with Crippen molar-refractivity contribution < 1.29 is 18.0 Å². The Hall–Kier alpha value is -3.55. The first-order valence-electron chi connectivity index (χ1n) is 9.59. The van der Waals surface area contributed by atoms with Crippen molar-refractivity contribution in [2.24, 2.45) is 7.05 Å². The first kappa shape index (κ1) is 18.5. The molecule has 4 heterocycles. The van der Waals surface area contributed by atoms with Crippen LogP contribution in [0.3, 0.4) is 0 Å². The largest absolute Gasteiger partial charge is 0.463 e. The quantitative estimate of drug-likeness (QED) is 0.497. The fourth-order valence-electron chi connectivity index (χ4n) is 4.20. The lowest BCUT2D eigenvalue weighted by atomic mass is 9.95. The highest BCUT2D eigenvalue weighted by molar-refractivity contribution is 5.96. The zero-order valence-corrected chi connectivity index (χ0v) is 16.4. The standard InChI is InChI=1S/C22H18F2N4O2/c1-12-20-17(21(27(2)26-20)13-7-15(23)10-16(24)8-13)3-5-28(12)22(29)14-9-19-18(25-11-14)4-6-30-19/h4,6-12H,3,5H2,1-2H3/t12-/m1/s1. The van der Waals surface area contributed by atoms with Crippen molar-refractivity contribution in [3.8, 4) is 11.3 Å². The molecule has 0 aliphatic carbocycles. The molecule has 0 N–H and O–H groups in total. The molecule has 0 saturated carbocycles. The Balaban J connectivity index is 1.51. The van der Waals surface area contributed by atoms with Gasteiger partial charge in [0.05, 0.1) is 29.3 Å². The third-order valence-corrected chi connectivity index (χ3v) is 5.59. The van der Waals surface area contributed by atoms with E-state index in [2.05, 4.69) is 10.1 Å². The van der Waals surface area contributed by atoms with Crippen LogP contribution in [0.5, 0.6) is 0 Å². The number of fused-ring (bicyclic) bond motifs is 2. The lowest BCUT2D eigenvalue weighted by Crippen LogP contribution is -2.39. The van der Waals surface area contributed by atoms with Crippen molar-refractivity contribution in [2.75, 3.05) is 6.54 Å². The van der Waals surface area contributed by atoms with Gasteiger partial charge in [0, 0.05) is 43.0 Å². The summed E-state index contributed by atoms with van der Waals surface area (Å²) in [5, 5.41) is 4.58. The molecular formula is C22H18F2N4O2. The van der Waals surface area contributed by atoms with Crippen LogP contribution in [0.1, 0.15) is 34.6 Å².